The van der Waals surface area contributed by atoms with E-state index in [2.05, 4.69) is 9.72 Å². The van der Waals surface area contributed by atoms with Gasteiger partial charge in [0.15, 0.2) is 5.13 Å². The Morgan fingerprint density at radius 2 is 1.95 bits per heavy atom. The zero-order valence-corrected chi connectivity index (χ0v) is 12.1. The number of alkyl halides is 3. The molecule has 1 aromatic carbocycles. The second-order valence-electron chi connectivity index (χ2n) is 4.02. The highest BCUT2D eigenvalue weighted by Crippen LogP contribution is 2.32. The predicted octanol–water partition coefficient (Wildman–Crippen LogP) is 3.47. The fourth-order valence-corrected chi connectivity index (χ4v) is 2.43. The van der Waals surface area contributed by atoms with Gasteiger partial charge in [-0.05, 0) is 31.2 Å². The molecule has 0 saturated heterocycles. The second kappa shape index (κ2) is 6.22. The van der Waals surface area contributed by atoms with Crippen LogP contribution >= 0.6 is 11.3 Å². The molecule has 22 heavy (non-hydrogen) atoms. The van der Waals surface area contributed by atoms with Crippen LogP contribution in [0.5, 0.6) is 5.75 Å². The Labute approximate surface area is 127 Å². The quantitative estimate of drug-likeness (QED) is 0.868. The van der Waals surface area contributed by atoms with E-state index in [0.29, 0.717) is 5.56 Å². The van der Waals surface area contributed by atoms with E-state index < -0.39 is 12.3 Å². The molecule has 0 aliphatic heterocycles. The third-order valence-electron chi connectivity index (χ3n) is 2.47. The molecule has 0 unspecified atom stereocenters. The minimum Gasteiger partial charge on any atom is -0.462 e. The highest BCUT2D eigenvalue weighted by molar-refractivity contribution is 7.17. The van der Waals surface area contributed by atoms with Crippen molar-refractivity contribution in [2.75, 3.05) is 12.3 Å². The van der Waals surface area contributed by atoms with E-state index in [-0.39, 0.29) is 28.1 Å². The summed E-state index contributed by atoms with van der Waals surface area (Å²) < 4.78 is 45.0. The molecule has 9 heteroatoms. The maximum atomic E-state index is 12.1. The number of nitrogens with zero attached hydrogens (tertiary/aromatic N) is 1. The van der Waals surface area contributed by atoms with E-state index in [9.17, 15) is 18.0 Å². The van der Waals surface area contributed by atoms with Crippen molar-refractivity contribution < 1.29 is 27.4 Å². The number of nitrogens with two attached hydrogens (primary N) is 1. The molecule has 1 heterocycles. The van der Waals surface area contributed by atoms with Crippen molar-refractivity contribution in [1.29, 1.82) is 0 Å². The molecular weight excluding hydrogens is 321 g/mol. The number of nitrogen functional groups attached to an aromatic ring is 1. The molecule has 0 amide bonds. The first-order valence-corrected chi connectivity index (χ1v) is 6.91. The molecule has 0 atom stereocenters. The van der Waals surface area contributed by atoms with Crippen molar-refractivity contribution in [3.63, 3.8) is 0 Å². The van der Waals surface area contributed by atoms with Crippen molar-refractivity contribution in [1.82, 2.24) is 4.98 Å². The van der Waals surface area contributed by atoms with Gasteiger partial charge in [0.1, 0.15) is 10.6 Å². The first kappa shape index (κ1) is 16.1. The molecule has 0 bridgehead atoms. The molecule has 0 spiro atoms. The van der Waals surface area contributed by atoms with Gasteiger partial charge in [0.05, 0.1) is 12.3 Å². The summed E-state index contributed by atoms with van der Waals surface area (Å²) in [7, 11) is 0. The highest BCUT2D eigenvalue weighted by atomic mass is 32.1. The molecule has 2 N–H and O–H groups in total. The predicted molar refractivity (Wildman–Crippen MR) is 74.6 cm³/mol. The summed E-state index contributed by atoms with van der Waals surface area (Å²) in [6.45, 7) is 1.85. The van der Waals surface area contributed by atoms with E-state index in [1.807, 2.05) is 0 Å². The van der Waals surface area contributed by atoms with Gasteiger partial charge >= 0.3 is 12.3 Å². The number of carbonyl (C=O) groups is 1. The molecular formula is C13H11F3N2O3S. The zero-order valence-electron chi connectivity index (χ0n) is 11.3. The van der Waals surface area contributed by atoms with Gasteiger partial charge in [-0.2, -0.15) is 0 Å². The van der Waals surface area contributed by atoms with E-state index >= 15 is 0 Å². The lowest BCUT2D eigenvalue weighted by Gasteiger charge is -2.09. The number of esters is 1. The average molecular weight is 332 g/mol. The summed E-state index contributed by atoms with van der Waals surface area (Å²) in [5.74, 6) is -0.945. The molecule has 0 saturated carbocycles. The largest absolute Gasteiger partial charge is 0.573 e. The summed E-state index contributed by atoms with van der Waals surface area (Å²) in [5.41, 5.74) is 6.29. The van der Waals surface area contributed by atoms with Crippen molar-refractivity contribution >= 4 is 22.4 Å². The summed E-state index contributed by atoms with van der Waals surface area (Å²) in [6.07, 6.45) is -4.76. The molecule has 5 nitrogen and oxygen atoms in total. The number of benzene rings is 1. The first-order valence-electron chi connectivity index (χ1n) is 6.09. The standard InChI is InChI=1S/C13H11F3N2O3S/c1-2-20-11(19)10-9(18-12(17)22-10)7-3-5-8(6-4-7)21-13(14,15)16/h3-6H,2H2,1H3,(H2,17,18). The van der Waals surface area contributed by atoms with E-state index in [1.165, 1.54) is 12.1 Å². The van der Waals surface area contributed by atoms with Crippen molar-refractivity contribution in [3.05, 3.63) is 29.1 Å². The van der Waals surface area contributed by atoms with Crippen molar-refractivity contribution in [3.8, 4) is 17.0 Å². The average Bonchev–Trinajstić information content (AvgIpc) is 2.80. The van der Waals surface area contributed by atoms with Crippen LogP contribution in [0.2, 0.25) is 0 Å². The Morgan fingerprint density at radius 1 is 1.32 bits per heavy atom. The van der Waals surface area contributed by atoms with Crippen LogP contribution in [-0.2, 0) is 4.74 Å². The molecule has 118 valence electrons. The normalized spacial score (nSPS) is 11.3. The van der Waals surface area contributed by atoms with Gasteiger partial charge in [0.2, 0.25) is 0 Å². The second-order valence-corrected chi connectivity index (χ2v) is 5.05. The number of aromatic nitrogens is 1. The van der Waals surface area contributed by atoms with Crippen LogP contribution in [0.3, 0.4) is 0 Å². The molecule has 0 aliphatic rings. The molecule has 0 fully saturated rings. The van der Waals surface area contributed by atoms with Gasteiger partial charge in [-0.3, -0.25) is 0 Å². The van der Waals surface area contributed by atoms with Gasteiger partial charge in [0.25, 0.3) is 0 Å². The molecule has 1 aromatic heterocycles. The summed E-state index contributed by atoms with van der Waals surface area (Å²) >= 11 is 0.952. The Bertz CT molecular complexity index is 668. The number of halogens is 3. The van der Waals surface area contributed by atoms with Gasteiger partial charge in [-0.25, -0.2) is 9.78 Å². The van der Waals surface area contributed by atoms with Crippen LogP contribution in [0.4, 0.5) is 18.3 Å². The van der Waals surface area contributed by atoms with Crippen LogP contribution in [-0.4, -0.2) is 23.9 Å². The highest BCUT2D eigenvalue weighted by Gasteiger charge is 2.31. The molecule has 0 radical (unpaired) electrons. The molecule has 2 rings (SSSR count). The van der Waals surface area contributed by atoms with Gasteiger partial charge in [-0.15, -0.1) is 13.2 Å². The smallest absolute Gasteiger partial charge is 0.462 e. The lowest BCUT2D eigenvalue weighted by Crippen LogP contribution is -2.16. The zero-order chi connectivity index (χ0) is 16.3. The fraction of sp³-hybridized carbons (Fsp3) is 0.231. The topological polar surface area (TPSA) is 74.4 Å². The maximum absolute atomic E-state index is 12.1. The van der Waals surface area contributed by atoms with Crippen LogP contribution in [0, 0.1) is 0 Å². The van der Waals surface area contributed by atoms with Crippen LogP contribution in [0.15, 0.2) is 24.3 Å². The lowest BCUT2D eigenvalue weighted by molar-refractivity contribution is -0.274. The van der Waals surface area contributed by atoms with Crippen molar-refractivity contribution in [2.24, 2.45) is 0 Å². The van der Waals surface area contributed by atoms with E-state index in [4.69, 9.17) is 10.5 Å². The van der Waals surface area contributed by atoms with E-state index in [1.54, 1.807) is 6.92 Å². The van der Waals surface area contributed by atoms with Crippen LogP contribution in [0.25, 0.3) is 11.3 Å². The summed E-state index contributed by atoms with van der Waals surface area (Å²) in [5, 5.41) is 0.161. The number of ether oxygens (including phenoxy) is 2. The fourth-order valence-electron chi connectivity index (χ4n) is 1.68. The van der Waals surface area contributed by atoms with Gasteiger partial charge in [0, 0.05) is 5.56 Å². The maximum Gasteiger partial charge on any atom is 0.573 e. The monoisotopic (exact) mass is 332 g/mol. The third kappa shape index (κ3) is 3.88. The molecule has 0 aliphatic carbocycles. The first-order chi connectivity index (χ1) is 10.3. The Morgan fingerprint density at radius 3 is 2.50 bits per heavy atom. The van der Waals surface area contributed by atoms with Crippen LogP contribution < -0.4 is 10.5 Å². The van der Waals surface area contributed by atoms with Gasteiger partial charge < -0.3 is 15.2 Å². The summed E-state index contributed by atoms with van der Waals surface area (Å²) in [4.78, 5) is 16.0. The SMILES string of the molecule is CCOC(=O)c1sc(N)nc1-c1ccc(OC(F)(F)F)cc1. The van der Waals surface area contributed by atoms with Crippen molar-refractivity contribution in [2.45, 2.75) is 13.3 Å². The number of thiazole rings is 1. The minimum absolute atomic E-state index is 0.161. The number of hydrogen-bond donors (Lipinski definition) is 1. The minimum atomic E-state index is -4.76. The Balaban J connectivity index is 2.30. The number of carbonyl (C=O) groups excluding carboxylic acids is 1. The number of rotatable bonds is 4. The number of hydrogen-bond acceptors (Lipinski definition) is 6. The summed E-state index contributed by atoms with van der Waals surface area (Å²) in [6, 6.07) is 4.98. The van der Waals surface area contributed by atoms with Gasteiger partial charge in [-0.1, -0.05) is 11.3 Å². The Kier molecular flexibility index (Phi) is 4.55. The third-order valence-corrected chi connectivity index (χ3v) is 3.33. The van der Waals surface area contributed by atoms with Crippen LogP contribution in [0.1, 0.15) is 16.6 Å². The molecule has 2 aromatic rings. The number of anilines is 1. The van der Waals surface area contributed by atoms with E-state index in [0.717, 1.165) is 23.5 Å². The Hall–Kier alpha value is -2.29. The lowest BCUT2D eigenvalue weighted by atomic mass is 10.1.